The highest BCUT2D eigenvalue weighted by Crippen LogP contribution is 2.30. The lowest BCUT2D eigenvalue weighted by Gasteiger charge is -2.11. The van der Waals surface area contributed by atoms with Crippen LogP contribution in [0.25, 0.3) is 11.3 Å². The second kappa shape index (κ2) is 6.92. The van der Waals surface area contributed by atoms with E-state index in [-0.39, 0.29) is 11.3 Å². The van der Waals surface area contributed by atoms with Crippen molar-refractivity contribution in [3.63, 3.8) is 0 Å². The third-order valence-electron chi connectivity index (χ3n) is 3.59. The minimum atomic E-state index is -0.585. The zero-order valence-corrected chi connectivity index (χ0v) is 13.4. The highest BCUT2D eigenvalue weighted by molar-refractivity contribution is 5.92. The SMILES string of the molecule is Cc1ccc(-c2ccccn2)c(OC(=O)c2ccc([N+](=O)[O-])cc2)c1. The molecule has 0 aliphatic rings. The molecule has 0 radical (unpaired) electrons. The van der Waals surface area contributed by atoms with Gasteiger partial charge in [0.1, 0.15) is 5.75 Å². The highest BCUT2D eigenvalue weighted by atomic mass is 16.6. The molecule has 3 aromatic rings. The van der Waals surface area contributed by atoms with E-state index in [9.17, 15) is 14.9 Å². The number of hydrogen-bond acceptors (Lipinski definition) is 5. The van der Waals surface area contributed by atoms with Crippen molar-refractivity contribution in [1.29, 1.82) is 0 Å². The Balaban J connectivity index is 1.90. The Labute approximate surface area is 143 Å². The quantitative estimate of drug-likeness (QED) is 0.309. The lowest BCUT2D eigenvalue weighted by Crippen LogP contribution is -2.09. The third kappa shape index (κ3) is 3.69. The van der Waals surface area contributed by atoms with Crippen LogP contribution in [0.2, 0.25) is 0 Å². The maximum absolute atomic E-state index is 12.4. The molecule has 0 saturated heterocycles. The monoisotopic (exact) mass is 334 g/mol. The van der Waals surface area contributed by atoms with Crippen molar-refractivity contribution >= 4 is 11.7 Å². The van der Waals surface area contributed by atoms with E-state index < -0.39 is 10.9 Å². The number of esters is 1. The molecule has 0 saturated carbocycles. The van der Waals surface area contributed by atoms with Crippen molar-refractivity contribution in [2.24, 2.45) is 0 Å². The van der Waals surface area contributed by atoms with Crippen LogP contribution >= 0.6 is 0 Å². The molecule has 25 heavy (non-hydrogen) atoms. The second-order valence-corrected chi connectivity index (χ2v) is 5.41. The fraction of sp³-hybridized carbons (Fsp3) is 0.0526. The van der Waals surface area contributed by atoms with Gasteiger partial charge < -0.3 is 4.74 Å². The van der Waals surface area contributed by atoms with Crippen LogP contribution < -0.4 is 4.74 Å². The van der Waals surface area contributed by atoms with E-state index in [2.05, 4.69) is 4.98 Å². The van der Waals surface area contributed by atoms with Crippen LogP contribution in [0.1, 0.15) is 15.9 Å². The number of nitro benzene ring substituents is 1. The fourth-order valence-electron chi connectivity index (χ4n) is 2.33. The maximum Gasteiger partial charge on any atom is 0.343 e. The maximum atomic E-state index is 12.4. The average Bonchev–Trinajstić information content (AvgIpc) is 2.62. The molecule has 2 aromatic carbocycles. The summed E-state index contributed by atoms with van der Waals surface area (Å²) in [4.78, 5) is 26.8. The van der Waals surface area contributed by atoms with Crippen LogP contribution in [-0.2, 0) is 0 Å². The number of benzene rings is 2. The predicted molar refractivity (Wildman–Crippen MR) is 92.5 cm³/mol. The first kappa shape index (κ1) is 16.3. The molecule has 0 bridgehead atoms. The molecule has 1 aromatic heterocycles. The second-order valence-electron chi connectivity index (χ2n) is 5.41. The molecular weight excluding hydrogens is 320 g/mol. The number of aromatic nitrogens is 1. The Hall–Kier alpha value is -3.54. The van der Waals surface area contributed by atoms with Crippen molar-refractivity contribution in [1.82, 2.24) is 4.98 Å². The Morgan fingerprint density at radius 1 is 1.08 bits per heavy atom. The number of aryl methyl sites for hydroxylation is 1. The van der Waals surface area contributed by atoms with Gasteiger partial charge in [-0.05, 0) is 48.9 Å². The van der Waals surface area contributed by atoms with Crippen LogP contribution in [0.3, 0.4) is 0 Å². The number of nitrogens with zero attached hydrogens (tertiary/aromatic N) is 2. The zero-order valence-electron chi connectivity index (χ0n) is 13.4. The Morgan fingerprint density at radius 2 is 1.84 bits per heavy atom. The van der Waals surface area contributed by atoms with Gasteiger partial charge in [0.25, 0.3) is 5.69 Å². The molecule has 0 unspecified atom stereocenters. The van der Waals surface area contributed by atoms with Crippen molar-refractivity contribution in [3.8, 4) is 17.0 Å². The largest absolute Gasteiger partial charge is 0.422 e. The van der Waals surface area contributed by atoms with Crippen molar-refractivity contribution in [3.05, 3.63) is 88.1 Å². The lowest BCUT2D eigenvalue weighted by molar-refractivity contribution is -0.384. The molecule has 3 rings (SSSR count). The number of carbonyl (C=O) groups is 1. The number of rotatable bonds is 4. The van der Waals surface area contributed by atoms with Crippen molar-refractivity contribution in [2.75, 3.05) is 0 Å². The van der Waals surface area contributed by atoms with Crippen LogP contribution in [0.15, 0.2) is 66.9 Å². The van der Waals surface area contributed by atoms with Gasteiger partial charge in [-0.2, -0.15) is 0 Å². The van der Waals surface area contributed by atoms with E-state index >= 15 is 0 Å². The van der Waals surface area contributed by atoms with E-state index in [0.29, 0.717) is 17.0 Å². The van der Waals surface area contributed by atoms with Gasteiger partial charge in [0.2, 0.25) is 0 Å². The Bertz CT molecular complexity index is 922. The molecule has 0 spiro atoms. The van der Waals surface area contributed by atoms with E-state index in [1.165, 1.54) is 24.3 Å². The molecule has 124 valence electrons. The number of nitro groups is 1. The number of ether oxygens (including phenoxy) is 1. The standard InChI is InChI=1S/C19H14N2O4/c1-13-5-10-16(17-4-2-3-11-20-17)18(12-13)25-19(22)14-6-8-15(9-7-14)21(23)24/h2-12H,1H3. The summed E-state index contributed by atoms with van der Waals surface area (Å²) in [6.45, 7) is 1.89. The van der Waals surface area contributed by atoms with Gasteiger partial charge in [-0.1, -0.05) is 12.1 Å². The summed E-state index contributed by atoms with van der Waals surface area (Å²) in [5, 5.41) is 10.7. The van der Waals surface area contributed by atoms with E-state index in [0.717, 1.165) is 5.56 Å². The van der Waals surface area contributed by atoms with Crippen LogP contribution in [-0.4, -0.2) is 15.9 Å². The summed E-state index contributed by atoms with van der Waals surface area (Å²) in [5.74, 6) is -0.195. The minimum Gasteiger partial charge on any atom is -0.422 e. The van der Waals surface area contributed by atoms with Crippen molar-refractivity contribution in [2.45, 2.75) is 6.92 Å². The first-order chi connectivity index (χ1) is 12.0. The molecule has 0 aliphatic heterocycles. The molecule has 6 nitrogen and oxygen atoms in total. The fourth-order valence-corrected chi connectivity index (χ4v) is 2.33. The predicted octanol–water partition coefficient (Wildman–Crippen LogP) is 4.18. The van der Waals surface area contributed by atoms with E-state index in [4.69, 9.17) is 4.74 Å². The zero-order chi connectivity index (χ0) is 17.8. The number of carbonyl (C=O) groups excluding carboxylic acids is 1. The molecule has 0 aliphatic carbocycles. The summed E-state index contributed by atoms with van der Waals surface area (Å²) in [7, 11) is 0. The van der Waals surface area contributed by atoms with Crippen LogP contribution in [0.5, 0.6) is 5.75 Å². The molecule has 6 heteroatoms. The van der Waals surface area contributed by atoms with Crippen LogP contribution in [0, 0.1) is 17.0 Å². The Kier molecular flexibility index (Phi) is 4.52. The van der Waals surface area contributed by atoms with Crippen LogP contribution in [0.4, 0.5) is 5.69 Å². The van der Waals surface area contributed by atoms with Gasteiger partial charge in [-0.25, -0.2) is 4.79 Å². The number of hydrogen-bond donors (Lipinski definition) is 0. The number of pyridine rings is 1. The first-order valence-electron chi connectivity index (χ1n) is 7.53. The van der Waals surface area contributed by atoms with Gasteiger partial charge in [-0.3, -0.25) is 15.1 Å². The number of non-ortho nitro benzene ring substituents is 1. The summed E-state index contributed by atoms with van der Waals surface area (Å²) >= 11 is 0. The molecule has 0 atom stereocenters. The smallest absolute Gasteiger partial charge is 0.343 e. The first-order valence-corrected chi connectivity index (χ1v) is 7.53. The molecule has 1 heterocycles. The highest BCUT2D eigenvalue weighted by Gasteiger charge is 2.15. The van der Waals surface area contributed by atoms with Gasteiger partial charge in [0, 0.05) is 23.9 Å². The van der Waals surface area contributed by atoms with Gasteiger partial charge in [-0.15, -0.1) is 0 Å². The average molecular weight is 334 g/mol. The molecule has 0 N–H and O–H groups in total. The molecule has 0 amide bonds. The summed E-state index contributed by atoms with van der Waals surface area (Å²) in [6.07, 6.45) is 1.66. The molecule has 0 fully saturated rings. The summed E-state index contributed by atoms with van der Waals surface area (Å²) in [6, 6.07) is 16.3. The summed E-state index contributed by atoms with van der Waals surface area (Å²) in [5.41, 5.74) is 2.47. The van der Waals surface area contributed by atoms with E-state index in [1.54, 1.807) is 18.3 Å². The normalized spacial score (nSPS) is 10.3. The lowest BCUT2D eigenvalue weighted by atomic mass is 10.1. The van der Waals surface area contributed by atoms with E-state index in [1.807, 2.05) is 31.2 Å². The summed E-state index contributed by atoms with van der Waals surface area (Å²) < 4.78 is 5.52. The third-order valence-corrected chi connectivity index (χ3v) is 3.59. The minimum absolute atomic E-state index is 0.0821. The van der Waals surface area contributed by atoms with Gasteiger partial charge in [0.15, 0.2) is 0 Å². The van der Waals surface area contributed by atoms with Gasteiger partial charge >= 0.3 is 5.97 Å². The van der Waals surface area contributed by atoms with Crippen molar-refractivity contribution < 1.29 is 14.5 Å². The van der Waals surface area contributed by atoms with Gasteiger partial charge in [0.05, 0.1) is 16.2 Å². The Morgan fingerprint density at radius 3 is 2.48 bits per heavy atom. The topological polar surface area (TPSA) is 82.3 Å². The molecular formula is C19H14N2O4.